The van der Waals surface area contributed by atoms with Crippen LogP contribution in [-0.4, -0.2) is 38.4 Å². The normalized spacial score (nSPS) is 15.0. The van der Waals surface area contributed by atoms with Gasteiger partial charge in [0, 0.05) is 7.05 Å². The lowest BCUT2D eigenvalue weighted by molar-refractivity contribution is -0.122. The van der Waals surface area contributed by atoms with Gasteiger partial charge in [0.2, 0.25) is 0 Å². The van der Waals surface area contributed by atoms with Gasteiger partial charge >= 0.3 is 0 Å². The molecule has 3 aromatic rings. The number of hydrogen-bond donors (Lipinski definition) is 1. The molecule has 38 heavy (non-hydrogen) atoms. The predicted octanol–water partition coefficient (Wildman–Crippen LogP) is 6.75. The van der Waals surface area contributed by atoms with Gasteiger partial charge in [0.1, 0.15) is 11.9 Å². The largest absolute Gasteiger partial charge is 0.483 e. The summed E-state index contributed by atoms with van der Waals surface area (Å²) in [4.78, 5) is 28.2. The van der Waals surface area contributed by atoms with Crippen molar-refractivity contribution >= 4 is 34.9 Å². The van der Waals surface area contributed by atoms with Crippen LogP contribution in [-0.2, 0) is 16.6 Å². The zero-order valence-electron chi connectivity index (χ0n) is 23.2. The Hall–Kier alpha value is -3.68. The predicted molar refractivity (Wildman–Crippen MR) is 151 cm³/mol. The van der Waals surface area contributed by atoms with Gasteiger partial charge in [-0.3, -0.25) is 19.2 Å². The lowest BCUT2D eigenvalue weighted by Gasteiger charge is -2.25. The van der Waals surface area contributed by atoms with Gasteiger partial charge in [-0.1, -0.05) is 32.9 Å². The molecule has 0 aliphatic heterocycles. The molecule has 0 radical (unpaired) electrons. The van der Waals surface area contributed by atoms with Crippen LogP contribution < -0.4 is 9.64 Å². The van der Waals surface area contributed by atoms with Crippen molar-refractivity contribution in [1.29, 1.82) is 0 Å². The zero-order valence-corrected chi connectivity index (χ0v) is 23.2. The number of carbonyl (C=O) groups excluding carboxylic acids is 1. The number of aromatic nitrogens is 3. The van der Waals surface area contributed by atoms with Crippen molar-refractivity contribution < 1.29 is 19.4 Å². The van der Waals surface area contributed by atoms with Crippen LogP contribution in [0.2, 0.25) is 0 Å². The smallest absolute Gasteiger partial charge is 0.290 e. The maximum absolute atomic E-state index is 13.2. The summed E-state index contributed by atoms with van der Waals surface area (Å²) >= 11 is 0. The van der Waals surface area contributed by atoms with Crippen molar-refractivity contribution in [3.05, 3.63) is 53.6 Å². The van der Waals surface area contributed by atoms with Gasteiger partial charge in [-0.2, -0.15) is 0 Å². The SMILES string of the molecule is C=CC(=O)N(c1ccc2c(n1)c(OC1CCCCC1)nn2C)c1cc(C)c(C)cc1C1CC1.CC.O=CO. The highest BCUT2D eigenvalue weighted by molar-refractivity contribution is 6.07. The van der Waals surface area contributed by atoms with E-state index in [2.05, 4.69) is 37.7 Å². The van der Waals surface area contributed by atoms with Crippen molar-refractivity contribution in [3.63, 3.8) is 0 Å². The van der Waals surface area contributed by atoms with Crippen LogP contribution in [0.15, 0.2) is 36.9 Å². The van der Waals surface area contributed by atoms with Crippen molar-refractivity contribution in [2.75, 3.05) is 4.90 Å². The zero-order chi connectivity index (χ0) is 27.8. The van der Waals surface area contributed by atoms with E-state index in [0.717, 1.165) is 42.5 Å². The first-order chi connectivity index (χ1) is 18.4. The minimum Gasteiger partial charge on any atom is -0.483 e. The van der Waals surface area contributed by atoms with Gasteiger partial charge in [0.15, 0.2) is 5.52 Å². The lowest BCUT2D eigenvalue weighted by atomic mass is 9.98. The van der Waals surface area contributed by atoms with E-state index in [1.54, 1.807) is 9.58 Å². The Kier molecular flexibility index (Phi) is 10.0. The Labute approximate surface area is 225 Å². The number of fused-ring (bicyclic) bond motifs is 1. The first-order valence-electron chi connectivity index (χ1n) is 13.5. The molecule has 1 aromatic carbocycles. The van der Waals surface area contributed by atoms with Crippen molar-refractivity contribution in [2.24, 2.45) is 7.05 Å². The summed E-state index contributed by atoms with van der Waals surface area (Å²) in [6, 6.07) is 8.20. The second-order valence-electron chi connectivity index (χ2n) is 9.60. The summed E-state index contributed by atoms with van der Waals surface area (Å²) in [5.74, 6) is 1.42. The van der Waals surface area contributed by atoms with Gasteiger partial charge in [-0.05, 0) is 99.3 Å². The highest BCUT2D eigenvalue weighted by Crippen LogP contribution is 2.46. The summed E-state index contributed by atoms with van der Waals surface area (Å²) in [5, 5.41) is 11.5. The van der Waals surface area contributed by atoms with Gasteiger partial charge in [0.05, 0.1) is 11.2 Å². The van der Waals surface area contributed by atoms with E-state index in [1.807, 2.05) is 33.0 Å². The molecule has 0 unspecified atom stereocenters. The van der Waals surface area contributed by atoms with Crippen LogP contribution in [0.5, 0.6) is 5.88 Å². The van der Waals surface area contributed by atoms with Gasteiger partial charge in [0.25, 0.3) is 18.3 Å². The molecule has 0 atom stereocenters. The van der Waals surface area contributed by atoms with Crippen LogP contribution in [0.25, 0.3) is 11.0 Å². The fourth-order valence-electron chi connectivity index (χ4n) is 4.83. The number of nitrogens with zero attached hydrogens (tertiary/aromatic N) is 4. The fraction of sp³-hybridized carbons (Fsp3) is 0.467. The number of carboxylic acid groups (broad SMARTS) is 1. The molecule has 2 fully saturated rings. The number of aryl methyl sites for hydroxylation is 3. The topological polar surface area (TPSA) is 97.6 Å². The Morgan fingerprint density at radius 2 is 1.74 bits per heavy atom. The van der Waals surface area contributed by atoms with Gasteiger partial charge < -0.3 is 9.84 Å². The molecule has 2 aliphatic carbocycles. The molecule has 8 heteroatoms. The van der Waals surface area contributed by atoms with Crippen LogP contribution in [0.1, 0.15) is 81.4 Å². The molecule has 2 aromatic heterocycles. The Morgan fingerprint density at radius 1 is 1.11 bits per heavy atom. The second kappa shape index (κ2) is 13.2. The third-order valence-electron chi connectivity index (χ3n) is 7.01. The second-order valence-corrected chi connectivity index (χ2v) is 9.60. The van der Waals surface area contributed by atoms with E-state index in [0.29, 0.717) is 23.1 Å². The third kappa shape index (κ3) is 6.41. The van der Waals surface area contributed by atoms with E-state index in [4.69, 9.17) is 19.6 Å². The van der Waals surface area contributed by atoms with Crippen LogP contribution in [0.4, 0.5) is 11.5 Å². The Bertz CT molecular complexity index is 1270. The van der Waals surface area contributed by atoms with Crippen LogP contribution in [0, 0.1) is 13.8 Å². The number of benzene rings is 1. The first kappa shape index (κ1) is 28.9. The average Bonchev–Trinajstić information content (AvgIpc) is 3.73. The number of ether oxygens (including phenoxy) is 1. The molecule has 8 nitrogen and oxygen atoms in total. The third-order valence-corrected chi connectivity index (χ3v) is 7.01. The molecule has 1 amide bonds. The number of rotatable bonds is 6. The minimum atomic E-state index is -0.250. The summed E-state index contributed by atoms with van der Waals surface area (Å²) in [6.45, 7) is 11.7. The molecular weight excluding hydrogens is 480 g/mol. The molecule has 0 bridgehead atoms. The van der Waals surface area contributed by atoms with Crippen molar-refractivity contribution in [3.8, 4) is 5.88 Å². The van der Waals surface area contributed by atoms with E-state index in [-0.39, 0.29) is 18.5 Å². The maximum Gasteiger partial charge on any atom is 0.290 e. The number of anilines is 2. The average molecular weight is 521 g/mol. The number of pyridine rings is 1. The minimum absolute atomic E-state index is 0.175. The molecule has 0 spiro atoms. The van der Waals surface area contributed by atoms with Crippen LogP contribution in [0.3, 0.4) is 0 Å². The Balaban J connectivity index is 0.000000748. The molecule has 204 valence electrons. The molecule has 2 heterocycles. The lowest BCUT2D eigenvalue weighted by Crippen LogP contribution is -2.26. The fourth-order valence-corrected chi connectivity index (χ4v) is 4.83. The highest BCUT2D eigenvalue weighted by Gasteiger charge is 2.31. The molecule has 2 aliphatic rings. The molecule has 2 saturated carbocycles. The first-order valence-corrected chi connectivity index (χ1v) is 13.5. The monoisotopic (exact) mass is 520 g/mol. The van der Waals surface area contributed by atoms with Crippen LogP contribution >= 0.6 is 0 Å². The quantitative estimate of drug-likeness (QED) is 0.285. The maximum atomic E-state index is 13.2. The molecular formula is C30H40N4O4. The van der Waals surface area contributed by atoms with E-state index in [1.165, 1.54) is 36.5 Å². The van der Waals surface area contributed by atoms with E-state index >= 15 is 0 Å². The Morgan fingerprint density at radius 3 is 2.34 bits per heavy atom. The number of carbonyl (C=O) groups is 2. The summed E-state index contributed by atoms with van der Waals surface area (Å²) in [5.41, 5.74) is 6.08. The molecule has 5 rings (SSSR count). The number of amides is 1. The summed E-state index contributed by atoms with van der Waals surface area (Å²) < 4.78 is 8.11. The number of hydrogen-bond acceptors (Lipinski definition) is 5. The molecule has 0 saturated heterocycles. The van der Waals surface area contributed by atoms with Gasteiger partial charge in [-0.15, -0.1) is 5.10 Å². The van der Waals surface area contributed by atoms with E-state index in [9.17, 15) is 4.79 Å². The van der Waals surface area contributed by atoms with E-state index < -0.39 is 0 Å². The van der Waals surface area contributed by atoms with Crippen molar-refractivity contribution in [2.45, 2.75) is 84.7 Å². The molecule has 1 N–H and O–H groups in total. The van der Waals surface area contributed by atoms with Crippen molar-refractivity contribution in [1.82, 2.24) is 14.8 Å². The summed E-state index contributed by atoms with van der Waals surface area (Å²) in [6.07, 6.45) is 9.58. The highest BCUT2D eigenvalue weighted by atomic mass is 16.5. The standard InChI is InChI=1S/C27H32N4O2.C2H6.CH2O2/c1-5-25(32)31(23-16-18(3)17(2)15-21(23)19-11-12-19)24-14-13-22-26(28-24)27(29-30(22)4)33-20-9-7-6-8-10-20;1-2;2-1-3/h5,13-16,19-20H,1,6-12H2,2-4H3;1-2H3;1H,(H,2,3). The van der Waals surface area contributed by atoms with Gasteiger partial charge in [-0.25, -0.2) is 4.98 Å². The summed E-state index contributed by atoms with van der Waals surface area (Å²) in [7, 11) is 1.90.